The van der Waals surface area contributed by atoms with Gasteiger partial charge in [0.25, 0.3) is 0 Å². The van der Waals surface area contributed by atoms with E-state index in [2.05, 4.69) is 10.0 Å². The summed E-state index contributed by atoms with van der Waals surface area (Å²) in [6.45, 7) is 4.96. The van der Waals surface area contributed by atoms with Crippen LogP contribution in [0.1, 0.15) is 33.6 Å². The van der Waals surface area contributed by atoms with Crippen LogP contribution in [0.5, 0.6) is 0 Å². The van der Waals surface area contributed by atoms with Crippen LogP contribution in [0.15, 0.2) is 23.1 Å². The summed E-state index contributed by atoms with van der Waals surface area (Å²) in [5, 5.41) is 2.52. The Labute approximate surface area is 129 Å². The van der Waals surface area contributed by atoms with Gasteiger partial charge in [0.05, 0.1) is 5.54 Å². The summed E-state index contributed by atoms with van der Waals surface area (Å²) in [7, 11) is -4.03. The van der Waals surface area contributed by atoms with E-state index in [4.69, 9.17) is 5.73 Å². The van der Waals surface area contributed by atoms with E-state index in [1.807, 2.05) is 0 Å². The number of rotatable bonds is 4. The molecule has 0 aliphatic heterocycles. The average Bonchev–Trinajstić information content (AvgIpc) is 3.08. The van der Waals surface area contributed by atoms with Gasteiger partial charge >= 0.3 is 0 Å². The molecule has 0 spiro atoms. The maximum absolute atomic E-state index is 13.9. The summed E-state index contributed by atoms with van der Waals surface area (Å²) in [5.41, 5.74) is 4.31. The van der Waals surface area contributed by atoms with Gasteiger partial charge < -0.3 is 11.1 Å². The molecule has 1 amide bonds. The minimum Gasteiger partial charge on any atom is -0.324 e. The van der Waals surface area contributed by atoms with Gasteiger partial charge in [0.15, 0.2) is 0 Å². The molecule has 22 heavy (non-hydrogen) atoms. The quantitative estimate of drug-likeness (QED) is 0.775. The summed E-state index contributed by atoms with van der Waals surface area (Å²) in [5.74, 6) is -1.28. The van der Waals surface area contributed by atoms with Crippen molar-refractivity contribution in [3.05, 3.63) is 24.0 Å². The molecule has 2 rings (SSSR count). The topological polar surface area (TPSA) is 101 Å². The summed E-state index contributed by atoms with van der Waals surface area (Å²) in [6, 6.07) is 3.39. The fourth-order valence-corrected chi connectivity index (χ4v) is 3.39. The first-order valence-electron chi connectivity index (χ1n) is 6.87. The zero-order chi connectivity index (χ0) is 16.8. The molecule has 8 heteroatoms. The van der Waals surface area contributed by atoms with Crippen LogP contribution in [0.2, 0.25) is 0 Å². The third-order valence-electron chi connectivity index (χ3n) is 3.16. The van der Waals surface area contributed by atoms with Crippen LogP contribution in [0.4, 0.5) is 10.1 Å². The molecule has 0 heterocycles. The van der Waals surface area contributed by atoms with Crippen LogP contribution in [0.3, 0.4) is 0 Å². The molecular formula is C14H20FN3O3S. The van der Waals surface area contributed by atoms with Crippen molar-refractivity contribution in [2.75, 3.05) is 5.32 Å². The highest BCUT2D eigenvalue weighted by atomic mass is 32.2. The van der Waals surface area contributed by atoms with E-state index in [0.29, 0.717) is 12.8 Å². The van der Waals surface area contributed by atoms with E-state index in [9.17, 15) is 17.6 Å². The number of carbonyl (C=O) groups is 1. The van der Waals surface area contributed by atoms with Crippen LogP contribution in [-0.2, 0) is 14.8 Å². The Morgan fingerprint density at radius 3 is 2.41 bits per heavy atom. The van der Waals surface area contributed by atoms with E-state index in [-0.39, 0.29) is 5.69 Å². The number of nitrogens with two attached hydrogens (primary N) is 1. The molecule has 0 saturated heterocycles. The van der Waals surface area contributed by atoms with Crippen molar-refractivity contribution in [1.82, 2.24) is 4.72 Å². The maximum atomic E-state index is 13.9. The van der Waals surface area contributed by atoms with Crippen LogP contribution in [0, 0.1) is 5.82 Å². The fourth-order valence-electron chi connectivity index (χ4n) is 1.86. The highest BCUT2D eigenvalue weighted by molar-refractivity contribution is 7.89. The Morgan fingerprint density at radius 2 is 1.91 bits per heavy atom. The molecule has 122 valence electrons. The van der Waals surface area contributed by atoms with Crippen molar-refractivity contribution >= 4 is 21.6 Å². The van der Waals surface area contributed by atoms with Crippen molar-refractivity contribution in [2.45, 2.75) is 49.6 Å². The van der Waals surface area contributed by atoms with Gasteiger partial charge in [-0.1, -0.05) is 0 Å². The molecule has 1 aromatic carbocycles. The molecule has 6 nitrogen and oxygen atoms in total. The van der Waals surface area contributed by atoms with E-state index in [1.54, 1.807) is 20.8 Å². The van der Waals surface area contributed by atoms with Crippen molar-refractivity contribution < 1.29 is 17.6 Å². The molecule has 4 N–H and O–H groups in total. The van der Waals surface area contributed by atoms with E-state index >= 15 is 0 Å². The standard InChI is InChI=1S/C14H20FN3O3S/c1-13(2,3)18-22(20,21)11-8-9(4-5-10(11)15)17-12(19)14(16)6-7-14/h4-5,8,18H,6-7,16H2,1-3H3,(H,17,19). The van der Waals surface area contributed by atoms with Crippen LogP contribution < -0.4 is 15.8 Å². The highest BCUT2D eigenvalue weighted by Crippen LogP contribution is 2.33. The smallest absolute Gasteiger partial charge is 0.244 e. The Kier molecular flexibility index (Phi) is 4.05. The van der Waals surface area contributed by atoms with Gasteiger partial charge in [0.2, 0.25) is 15.9 Å². The molecule has 1 aliphatic carbocycles. The van der Waals surface area contributed by atoms with Crippen LogP contribution in [-0.4, -0.2) is 25.4 Å². The SMILES string of the molecule is CC(C)(C)NS(=O)(=O)c1cc(NC(=O)C2(N)CC2)ccc1F. The van der Waals surface area contributed by atoms with E-state index in [1.165, 1.54) is 6.07 Å². The summed E-state index contributed by atoms with van der Waals surface area (Å²) < 4.78 is 40.7. The monoisotopic (exact) mass is 329 g/mol. The Morgan fingerprint density at radius 1 is 1.32 bits per heavy atom. The number of benzene rings is 1. The summed E-state index contributed by atoms with van der Waals surface area (Å²) in [4.78, 5) is 11.4. The first kappa shape index (κ1) is 16.9. The van der Waals surface area contributed by atoms with Gasteiger partial charge in [0.1, 0.15) is 10.7 Å². The highest BCUT2D eigenvalue weighted by Gasteiger charge is 2.46. The second-order valence-electron chi connectivity index (χ2n) is 6.61. The third kappa shape index (κ3) is 3.82. The Hall–Kier alpha value is -1.51. The third-order valence-corrected chi connectivity index (χ3v) is 4.93. The van der Waals surface area contributed by atoms with Gasteiger partial charge in [-0.2, -0.15) is 0 Å². The second-order valence-corrected chi connectivity index (χ2v) is 8.26. The van der Waals surface area contributed by atoms with Crippen molar-refractivity contribution in [3.8, 4) is 0 Å². The number of carbonyl (C=O) groups excluding carboxylic acids is 1. The minimum atomic E-state index is -4.03. The molecule has 1 aromatic rings. The molecular weight excluding hydrogens is 309 g/mol. The van der Waals surface area contributed by atoms with Gasteiger partial charge in [-0.3, -0.25) is 4.79 Å². The molecule has 0 unspecified atom stereocenters. The molecule has 1 aliphatic rings. The number of nitrogens with one attached hydrogen (secondary N) is 2. The lowest BCUT2D eigenvalue weighted by atomic mass is 10.1. The number of amides is 1. The molecule has 1 fully saturated rings. The normalized spacial score (nSPS) is 17.1. The summed E-state index contributed by atoms with van der Waals surface area (Å²) >= 11 is 0. The van der Waals surface area contributed by atoms with Crippen molar-refractivity contribution in [3.63, 3.8) is 0 Å². The predicted octanol–water partition coefficient (Wildman–Crippen LogP) is 1.33. The number of hydrogen-bond donors (Lipinski definition) is 3. The van der Waals surface area contributed by atoms with Gasteiger partial charge in [0, 0.05) is 11.2 Å². The zero-order valence-corrected chi connectivity index (χ0v) is 13.6. The van der Waals surface area contributed by atoms with E-state index in [0.717, 1.165) is 12.1 Å². The van der Waals surface area contributed by atoms with Gasteiger partial charge in [-0.05, 0) is 51.8 Å². The first-order valence-corrected chi connectivity index (χ1v) is 8.35. The minimum absolute atomic E-state index is 0.192. The summed E-state index contributed by atoms with van der Waals surface area (Å²) in [6.07, 6.45) is 1.16. The molecule has 0 atom stereocenters. The molecule has 1 saturated carbocycles. The maximum Gasteiger partial charge on any atom is 0.244 e. The Balaban J connectivity index is 2.29. The fraction of sp³-hybridized carbons (Fsp3) is 0.500. The lowest BCUT2D eigenvalue weighted by Crippen LogP contribution is -2.41. The predicted molar refractivity (Wildman–Crippen MR) is 81.3 cm³/mol. The van der Waals surface area contributed by atoms with E-state index < -0.39 is 37.7 Å². The van der Waals surface area contributed by atoms with Crippen LogP contribution in [0.25, 0.3) is 0 Å². The van der Waals surface area contributed by atoms with Gasteiger partial charge in [-0.15, -0.1) is 0 Å². The van der Waals surface area contributed by atoms with Crippen LogP contribution >= 0.6 is 0 Å². The number of anilines is 1. The molecule has 0 radical (unpaired) electrons. The lowest BCUT2D eigenvalue weighted by Gasteiger charge is -2.21. The Bertz CT molecular complexity index is 707. The average molecular weight is 329 g/mol. The largest absolute Gasteiger partial charge is 0.324 e. The van der Waals surface area contributed by atoms with Crippen molar-refractivity contribution in [2.24, 2.45) is 5.73 Å². The number of sulfonamides is 1. The van der Waals surface area contributed by atoms with Crippen molar-refractivity contribution in [1.29, 1.82) is 0 Å². The second kappa shape index (κ2) is 5.29. The molecule has 0 aromatic heterocycles. The van der Waals surface area contributed by atoms with Gasteiger partial charge in [-0.25, -0.2) is 17.5 Å². The number of halogens is 1. The number of hydrogen-bond acceptors (Lipinski definition) is 4. The first-order chi connectivity index (χ1) is 9.93. The lowest BCUT2D eigenvalue weighted by molar-refractivity contribution is -0.118. The molecule has 0 bridgehead atoms. The zero-order valence-electron chi connectivity index (χ0n) is 12.7.